The van der Waals surface area contributed by atoms with Gasteiger partial charge in [0.1, 0.15) is 24.2 Å². The smallest absolute Gasteiger partial charge is 0.287 e. The molecule has 1 saturated heterocycles. The van der Waals surface area contributed by atoms with Gasteiger partial charge in [-0.05, 0) is 23.7 Å². The van der Waals surface area contributed by atoms with E-state index in [0.717, 1.165) is 6.61 Å². The molecule has 1 fully saturated rings. The maximum atomic E-state index is 9.58. The number of halogens is 1. The summed E-state index contributed by atoms with van der Waals surface area (Å²) in [4.78, 5) is 0. The van der Waals surface area contributed by atoms with Gasteiger partial charge in [-0.15, -0.1) is 0 Å². The molecule has 2 atom stereocenters. The summed E-state index contributed by atoms with van der Waals surface area (Å²) in [6, 6.07) is 6.99. The average Bonchev–Trinajstić information content (AvgIpc) is 3.10. The van der Waals surface area contributed by atoms with Crippen molar-refractivity contribution in [2.75, 3.05) is 13.2 Å². The molecule has 1 aliphatic heterocycles. The van der Waals surface area contributed by atoms with Gasteiger partial charge in [-0.2, -0.15) is 0 Å². The van der Waals surface area contributed by atoms with E-state index in [0.29, 0.717) is 18.1 Å². The molecule has 0 saturated carbocycles. The minimum Gasteiger partial charge on any atom is -0.491 e. The van der Waals surface area contributed by atoms with Crippen molar-refractivity contribution in [1.82, 2.24) is 0 Å². The van der Waals surface area contributed by atoms with Crippen LogP contribution < -0.4 is 9.47 Å². The highest BCUT2D eigenvalue weighted by Crippen LogP contribution is 2.26. The summed E-state index contributed by atoms with van der Waals surface area (Å²) < 4.78 is 15.8. The zero-order valence-corrected chi connectivity index (χ0v) is 10.3. The van der Waals surface area contributed by atoms with Crippen LogP contribution in [0.5, 0.6) is 11.5 Å². The maximum Gasteiger partial charge on any atom is 0.287 e. The van der Waals surface area contributed by atoms with E-state index in [1.807, 2.05) is 6.07 Å². The molecular weight excluding hydrogens is 244 g/mol. The van der Waals surface area contributed by atoms with Crippen LogP contribution in [0.4, 0.5) is 0 Å². The van der Waals surface area contributed by atoms with Crippen LogP contribution in [0.3, 0.4) is 0 Å². The molecule has 0 aliphatic carbocycles. The van der Waals surface area contributed by atoms with Crippen LogP contribution in [0.2, 0.25) is 0 Å². The second kappa shape index (κ2) is 5.12. The molecule has 94 valence electrons. The highest BCUT2D eigenvalue weighted by Gasteiger charge is 2.24. The van der Waals surface area contributed by atoms with E-state index in [4.69, 9.17) is 25.8 Å². The van der Waals surface area contributed by atoms with Gasteiger partial charge >= 0.3 is 0 Å². The molecule has 0 bridgehead atoms. The van der Waals surface area contributed by atoms with Crippen molar-refractivity contribution in [2.45, 2.75) is 24.7 Å². The summed E-state index contributed by atoms with van der Waals surface area (Å²) >= 11 is 5.72. The SMILES string of the molecule is CCC(O)(Cl)Oc1cccc(OCC2CO2)c1. The normalized spacial score (nSPS) is 21.7. The van der Waals surface area contributed by atoms with Gasteiger partial charge in [0.2, 0.25) is 0 Å². The van der Waals surface area contributed by atoms with E-state index in [1.165, 1.54) is 0 Å². The molecule has 2 unspecified atom stereocenters. The lowest BCUT2D eigenvalue weighted by molar-refractivity contribution is -0.0631. The van der Waals surface area contributed by atoms with Gasteiger partial charge in [-0.1, -0.05) is 13.0 Å². The van der Waals surface area contributed by atoms with Gasteiger partial charge < -0.3 is 19.3 Å². The third kappa shape index (κ3) is 4.07. The van der Waals surface area contributed by atoms with Crippen LogP contribution in [-0.2, 0) is 4.74 Å². The molecule has 1 aliphatic rings. The first-order valence-electron chi connectivity index (χ1n) is 5.54. The number of hydrogen-bond acceptors (Lipinski definition) is 4. The zero-order chi connectivity index (χ0) is 12.3. The Morgan fingerprint density at radius 3 is 2.88 bits per heavy atom. The van der Waals surface area contributed by atoms with Crippen LogP contribution in [0.15, 0.2) is 24.3 Å². The monoisotopic (exact) mass is 258 g/mol. The summed E-state index contributed by atoms with van der Waals surface area (Å²) in [7, 11) is 0. The largest absolute Gasteiger partial charge is 0.491 e. The number of aliphatic hydroxyl groups is 1. The van der Waals surface area contributed by atoms with E-state index >= 15 is 0 Å². The summed E-state index contributed by atoms with van der Waals surface area (Å²) in [6.07, 6.45) is 0.496. The Bertz CT molecular complexity index is 377. The highest BCUT2D eigenvalue weighted by molar-refractivity contribution is 6.21. The lowest BCUT2D eigenvalue weighted by Gasteiger charge is -2.20. The first-order chi connectivity index (χ1) is 8.09. The van der Waals surface area contributed by atoms with Gasteiger partial charge in [0.15, 0.2) is 0 Å². The van der Waals surface area contributed by atoms with Crippen molar-refractivity contribution >= 4 is 11.6 Å². The van der Waals surface area contributed by atoms with E-state index in [9.17, 15) is 5.11 Å². The molecular formula is C12H15ClO4. The quantitative estimate of drug-likeness (QED) is 0.483. The lowest BCUT2D eigenvalue weighted by Crippen LogP contribution is -2.27. The third-order valence-electron chi connectivity index (χ3n) is 2.35. The minimum absolute atomic E-state index is 0.208. The Hall–Kier alpha value is -0.970. The van der Waals surface area contributed by atoms with Crippen LogP contribution in [-0.4, -0.2) is 29.7 Å². The fourth-order valence-corrected chi connectivity index (χ4v) is 1.32. The van der Waals surface area contributed by atoms with Gasteiger partial charge in [-0.3, -0.25) is 0 Å². The van der Waals surface area contributed by atoms with Crippen molar-refractivity contribution in [3.05, 3.63) is 24.3 Å². The molecule has 4 nitrogen and oxygen atoms in total. The summed E-state index contributed by atoms with van der Waals surface area (Å²) in [5, 5.41) is 7.91. The van der Waals surface area contributed by atoms with E-state index < -0.39 is 5.25 Å². The van der Waals surface area contributed by atoms with Gasteiger partial charge in [0.25, 0.3) is 5.25 Å². The molecule has 0 amide bonds. The van der Waals surface area contributed by atoms with Crippen molar-refractivity contribution in [2.24, 2.45) is 0 Å². The second-order valence-corrected chi connectivity index (χ2v) is 4.48. The standard InChI is InChI=1S/C12H15ClO4/c1-2-12(13,14)17-10-5-3-4-9(6-10)15-7-11-8-16-11/h3-6,11,14H,2,7-8H2,1H3. The molecule has 5 heteroatoms. The number of alkyl halides is 1. The molecule has 2 rings (SSSR count). The fraction of sp³-hybridized carbons (Fsp3) is 0.500. The molecule has 0 radical (unpaired) electrons. The Morgan fingerprint density at radius 1 is 1.53 bits per heavy atom. The predicted molar refractivity (Wildman–Crippen MR) is 63.4 cm³/mol. The minimum atomic E-state index is -1.67. The van der Waals surface area contributed by atoms with E-state index in [1.54, 1.807) is 25.1 Å². The average molecular weight is 259 g/mol. The lowest BCUT2D eigenvalue weighted by atomic mass is 10.3. The summed E-state index contributed by atoms with van der Waals surface area (Å²) in [5.74, 6) is 1.14. The van der Waals surface area contributed by atoms with Crippen molar-refractivity contribution in [3.8, 4) is 11.5 Å². The zero-order valence-electron chi connectivity index (χ0n) is 9.56. The summed E-state index contributed by atoms with van der Waals surface area (Å²) in [6.45, 7) is 3.02. The Kier molecular flexibility index (Phi) is 3.76. The Labute approximate surface area is 105 Å². The number of hydrogen-bond donors (Lipinski definition) is 1. The molecule has 1 N–H and O–H groups in total. The van der Waals surface area contributed by atoms with Gasteiger partial charge in [-0.25, -0.2) is 0 Å². The fourth-order valence-electron chi connectivity index (χ4n) is 1.23. The van der Waals surface area contributed by atoms with E-state index in [-0.39, 0.29) is 12.5 Å². The number of ether oxygens (including phenoxy) is 3. The third-order valence-corrected chi connectivity index (χ3v) is 2.70. The maximum absolute atomic E-state index is 9.58. The van der Waals surface area contributed by atoms with Gasteiger partial charge in [0, 0.05) is 12.5 Å². The highest BCUT2D eigenvalue weighted by atomic mass is 35.5. The van der Waals surface area contributed by atoms with E-state index in [2.05, 4.69) is 0 Å². The van der Waals surface area contributed by atoms with Crippen LogP contribution in [0, 0.1) is 0 Å². The first-order valence-corrected chi connectivity index (χ1v) is 5.91. The number of benzene rings is 1. The molecule has 1 heterocycles. The summed E-state index contributed by atoms with van der Waals surface area (Å²) in [5.41, 5.74) is 0. The predicted octanol–water partition coefficient (Wildman–Crippen LogP) is 2.14. The second-order valence-electron chi connectivity index (χ2n) is 3.89. The van der Waals surface area contributed by atoms with Crippen LogP contribution >= 0.6 is 11.6 Å². The molecule has 1 aromatic carbocycles. The Balaban J connectivity index is 1.95. The molecule has 0 spiro atoms. The number of rotatable bonds is 6. The topological polar surface area (TPSA) is 51.2 Å². The molecule has 17 heavy (non-hydrogen) atoms. The van der Waals surface area contributed by atoms with Crippen molar-refractivity contribution < 1.29 is 19.3 Å². The molecule has 0 aromatic heterocycles. The van der Waals surface area contributed by atoms with Gasteiger partial charge in [0.05, 0.1) is 6.61 Å². The van der Waals surface area contributed by atoms with Crippen LogP contribution in [0.1, 0.15) is 13.3 Å². The van der Waals surface area contributed by atoms with Crippen molar-refractivity contribution in [1.29, 1.82) is 0 Å². The van der Waals surface area contributed by atoms with Crippen LogP contribution in [0.25, 0.3) is 0 Å². The Morgan fingerprint density at radius 2 is 2.24 bits per heavy atom. The van der Waals surface area contributed by atoms with Crippen molar-refractivity contribution in [3.63, 3.8) is 0 Å². The number of epoxide rings is 1. The first kappa shape index (κ1) is 12.5. The molecule has 1 aromatic rings.